The van der Waals surface area contributed by atoms with Crippen molar-refractivity contribution in [2.75, 3.05) is 0 Å². The fourth-order valence-electron chi connectivity index (χ4n) is 2.08. The van der Waals surface area contributed by atoms with Gasteiger partial charge in [0, 0.05) is 16.8 Å². The van der Waals surface area contributed by atoms with Gasteiger partial charge in [0.2, 0.25) is 6.29 Å². The molecule has 2 heterocycles. The molecule has 0 spiro atoms. The number of aryl methyl sites for hydroxylation is 2. The van der Waals surface area contributed by atoms with Crippen molar-refractivity contribution in [1.82, 2.24) is 4.98 Å². The largest absolute Gasteiger partial charge is 0.460 e. The van der Waals surface area contributed by atoms with Gasteiger partial charge in [0.25, 0.3) is 0 Å². The number of benzene rings is 1. The molecule has 1 aromatic heterocycles. The molecule has 3 nitrogen and oxygen atoms in total. The average molecular weight is 227 g/mol. The van der Waals surface area contributed by atoms with Crippen LogP contribution in [0.15, 0.2) is 30.3 Å². The molecule has 0 saturated carbocycles. The molecule has 1 aromatic carbocycles. The van der Waals surface area contributed by atoms with Crippen LogP contribution in [-0.4, -0.2) is 10.1 Å². The SMILES string of the molecule is Cc1cc2c(nc1C)-c1ccccc1OC2O. The van der Waals surface area contributed by atoms with Crippen LogP contribution in [0.25, 0.3) is 11.3 Å². The number of hydrogen-bond donors (Lipinski definition) is 1. The minimum absolute atomic E-state index is 0.684. The molecule has 86 valence electrons. The molecule has 3 rings (SSSR count). The summed E-state index contributed by atoms with van der Waals surface area (Å²) in [6.07, 6.45) is -0.924. The number of pyridine rings is 1. The minimum atomic E-state index is -0.924. The number of hydrogen-bond acceptors (Lipinski definition) is 3. The summed E-state index contributed by atoms with van der Waals surface area (Å²) < 4.78 is 5.47. The van der Waals surface area contributed by atoms with Gasteiger partial charge in [-0.2, -0.15) is 0 Å². The normalized spacial score (nSPS) is 17.0. The van der Waals surface area contributed by atoms with Crippen LogP contribution in [0, 0.1) is 13.8 Å². The molecule has 3 heteroatoms. The number of fused-ring (bicyclic) bond motifs is 3. The van der Waals surface area contributed by atoms with Crippen LogP contribution in [0.4, 0.5) is 0 Å². The van der Waals surface area contributed by atoms with Crippen molar-refractivity contribution in [2.45, 2.75) is 20.1 Å². The van der Waals surface area contributed by atoms with Gasteiger partial charge in [0.15, 0.2) is 0 Å². The number of ether oxygens (including phenoxy) is 1. The van der Waals surface area contributed by atoms with E-state index in [1.54, 1.807) is 0 Å². The molecule has 0 aliphatic carbocycles. The maximum Gasteiger partial charge on any atom is 0.226 e. The molecule has 1 N–H and O–H groups in total. The van der Waals surface area contributed by atoms with Gasteiger partial charge in [-0.05, 0) is 37.6 Å². The van der Waals surface area contributed by atoms with Crippen molar-refractivity contribution in [1.29, 1.82) is 0 Å². The molecule has 1 unspecified atom stereocenters. The maximum absolute atomic E-state index is 9.96. The van der Waals surface area contributed by atoms with E-state index >= 15 is 0 Å². The second-order valence-electron chi connectivity index (χ2n) is 4.29. The first-order valence-electron chi connectivity index (χ1n) is 5.59. The molecule has 0 amide bonds. The number of aliphatic hydroxyl groups is 1. The van der Waals surface area contributed by atoms with Crippen molar-refractivity contribution in [3.05, 3.63) is 47.2 Å². The quantitative estimate of drug-likeness (QED) is 0.752. The fourth-order valence-corrected chi connectivity index (χ4v) is 2.08. The minimum Gasteiger partial charge on any atom is -0.460 e. The van der Waals surface area contributed by atoms with Gasteiger partial charge in [-0.15, -0.1) is 0 Å². The summed E-state index contributed by atoms with van der Waals surface area (Å²) in [5.74, 6) is 0.684. The van der Waals surface area contributed by atoms with E-state index < -0.39 is 6.29 Å². The Labute approximate surface area is 99.7 Å². The Balaban J connectivity index is 2.31. The Hall–Kier alpha value is -1.87. The van der Waals surface area contributed by atoms with E-state index in [2.05, 4.69) is 4.98 Å². The molecule has 0 bridgehead atoms. The first kappa shape index (κ1) is 10.3. The van der Waals surface area contributed by atoms with Crippen LogP contribution >= 0.6 is 0 Å². The Kier molecular flexibility index (Phi) is 2.16. The molecule has 1 aliphatic rings. The molecule has 17 heavy (non-hydrogen) atoms. The third-order valence-electron chi connectivity index (χ3n) is 3.14. The molecule has 0 saturated heterocycles. The van der Waals surface area contributed by atoms with E-state index in [-0.39, 0.29) is 0 Å². The summed E-state index contributed by atoms with van der Waals surface area (Å²) in [5, 5.41) is 9.96. The zero-order valence-corrected chi connectivity index (χ0v) is 9.77. The van der Waals surface area contributed by atoms with E-state index in [1.165, 1.54) is 0 Å². The molecule has 0 radical (unpaired) electrons. The Morgan fingerprint density at radius 1 is 1.24 bits per heavy atom. The highest BCUT2D eigenvalue weighted by Gasteiger charge is 2.25. The summed E-state index contributed by atoms with van der Waals surface area (Å²) in [5.41, 5.74) is 4.54. The summed E-state index contributed by atoms with van der Waals surface area (Å²) in [6.45, 7) is 3.95. The maximum atomic E-state index is 9.96. The van der Waals surface area contributed by atoms with Crippen LogP contribution in [0.2, 0.25) is 0 Å². The summed E-state index contributed by atoms with van der Waals surface area (Å²) >= 11 is 0. The highest BCUT2D eigenvalue weighted by atomic mass is 16.6. The summed E-state index contributed by atoms with van der Waals surface area (Å²) in [4.78, 5) is 4.56. The van der Waals surface area contributed by atoms with Crippen molar-refractivity contribution >= 4 is 0 Å². The van der Waals surface area contributed by atoms with E-state index in [4.69, 9.17) is 4.74 Å². The van der Waals surface area contributed by atoms with Gasteiger partial charge in [-0.3, -0.25) is 4.98 Å². The zero-order valence-electron chi connectivity index (χ0n) is 9.77. The van der Waals surface area contributed by atoms with Gasteiger partial charge in [-0.25, -0.2) is 0 Å². The van der Waals surface area contributed by atoms with Crippen LogP contribution in [0.3, 0.4) is 0 Å². The highest BCUT2D eigenvalue weighted by Crippen LogP contribution is 2.40. The predicted molar refractivity (Wildman–Crippen MR) is 64.7 cm³/mol. The smallest absolute Gasteiger partial charge is 0.226 e. The topological polar surface area (TPSA) is 42.4 Å². The Morgan fingerprint density at radius 3 is 2.82 bits per heavy atom. The van der Waals surface area contributed by atoms with E-state index in [1.807, 2.05) is 44.2 Å². The lowest BCUT2D eigenvalue weighted by Gasteiger charge is -2.25. The lowest BCUT2D eigenvalue weighted by atomic mass is 9.99. The lowest BCUT2D eigenvalue weighted by molar-refractivity contribution is -0.0217. The number of nitrogens with zero attached hydrogens (tertiary/aromatic N) is 1. The van der Waals surface area contributed by atoms with E-state index in [0.29, 0.717) is 5.75 Å². The van der Waals surface area contributed by atoms with Crippen LogP contribution < -0.4 is 4.74 Å². The zero-order chi connectivity index (χ0) is 12.0. The standard InChI is InChI=1S/C14H13NO2/c1-8-7-11-13(15-9(8)2)10-5-3-4-6-12(10)17-14(11)16/h3-7,14,16H,1-2H3. The number of para-hydroxylation sites is 1. The second-order valence-corrected chi connectivity index (χ2v) is 4.29. The lowest BCUT2D eigenvalue weighted by Crippen LogP contribution is -2.15. The van der Waals surface area contributed by atoms with Gasteiger partial charge in [-0.1, -0.05) is 12.1 Å². The number of aromatic nitrogens is 1. The molecule has 2 aromatic rings. The van der Waals surface area contributed by atoms with Crippen LogP contribution in [0.5, 0.6) is 5.75 Å². The first-order chi connectivity index (χ1) is 8.16. The third kappa shape index (κ3) is 1.51. The third-order valence-corrected chi connectivity index (χ3v) is 3.14. The van der Waals surface area contributed by atoms with Crippen molar-refractivity contribution in [3.63, 3.8) is 0 Å². The fraction of sp³-hybridized carbons (Fsp3) is 0.214. The average Bonchev–Trinajstić information content (AvgIpc) is 2.32. The Morgan fingerprint density at radius 2 is 2.00 bits per heavy atom. The van der Waals surface area contributed by atoms with E-state index in [0.717, 1.165) is 28.1 Å². The predicted octanol–water partition coefficient (Wildman–Crippen LogP) is 2.75. The molecule has 1 atom stereocenters. The second kappa shape index (κ2) is 3.57. The number of aliphatic hydroxyl groups excluding tert-OH is 1. The van der Waals surface area contributed by atoms with Gasteiger partial charge in [0.05, 0.1) is 5.69 Å². The molecular formula is C14H13NO2. The van der Waals surface area contributed by atoms with E-state index in [9.17, 15) is 5.11 Å². The highest BCUT2D eigenvalue weighted by molar-refractivity contribution is 5.72. The molecule has 1 aliphatic heterocycles. The first-order valence-corrected chi connectivity index (χ1v) is 5.59. The summed E-state index contributed by atoms with van der Waals surface area (Å²) in [7, 11) is 0. The van der Waals surface area contributed by atoms with Crippen molar-refractivity contribution in [3.8, 4) is 17.0 Å². The Bertz CT molecular complexity index is 593. The van der Waals surface area contributed by atoms with Crippen LogP contribution in [-0.2, 0) is 0 Å². The summed E-state index contributed by atoms with van der Waals surface area (Å²) in [6, 6.07) is 9.58. The monoisotopic (exact) mass is 227 g/mol. The van der Waals surface area contributed by atoms with Gasteiger partial charge < -0.3 is 9.84 Å². The van der Waals surface area contributed by atoms with Crippen LogP contribution in [0.1, 0.15) is 23.1 Å². The van der Waals surface area contributed by atoms with Crippen molar-refractivity contribution < 1.29 is 9.84 Å². The number of rotatable bonds is 0. The molecule has 0 fully saturated rings. The van der Waals surface area contributed by atoms with Crippen molar-refractivity contribution in [2.24, 2.45) is 0 Å². The van der Waals surface area contributed by atoms with Gasteiger partial charge >= 0.3 is 0 Å². The van der Waals surface area contributed by atoms with Gasteiger partial charge in [0.1, 0.15) is 5.75 Å². The molecular weight excluding hydrogens is 214 g/mol.